The molecule has 3 aromatic rings. The average Bonchev–Trinajstić information content (AvgIpc) is 3.28. The Labute approximate surface area is 157 Å². The third kappa shape index (κ3) is 3.23. The Morgan fingerprint density at radius 3 is 3.00 bits per heavy atom. The number of aromatic amines is 1. The second-order valence-corrected chi connectivity index (χ2v) is 7.20. The van der Waals surface area contributed by atoms with Gasteiger partial charge in [-0.3, -0.25) is 19.6 Å². The molecule has 2 aromatic heterocycles. The molecule has 0 unspecified atom stereocenters. The monoisotopic (exact) mass is 367 g/mol. The molecule has 1 aromatic carbocycles. The Balaban J connectivity index is 1.55. The number of amides is 1. The molecule has 4 rings (SSSR count). The van der Waals surface area contributed by atoms with Gasteiger partial charge in [0.15, 0.2) is 5.65 Å². The van der Waals surface area contributed by atoms with Crippen molar-refractivity contribution in [1.29, 1.82) is 0 Å². The molecule has 0 bridgehead atoms. The van der Waals surface area contributed by atoms with Gasteiger partial charge in [-0.05, 0) is 45.0 Å². The number of benzene rings is 1. The number of para-hydroxylation sites is 1. The van der Waals surface area contributed by atoms with Crippen LogP contribution in [0.15, 0.2) is 29.1 Å². The van der Waals surface area contributed by atoms with E-state index in [2.05, 4.69) is 27.2 Å². The highest BCUT2D eigenvalue weighted by Crippen LogP contribution is 2.18. The number of aromatic nitrogens is 3. The minimum absolute atomic E-state index is 0.0504. The molecule has 1 aliphatic rings. The van der Waals surface area contributed by atoms with Crippen LogP contribution in [0.25, 0.3) is 16.6 Å². The molecule has 0 saturated carbocycles. The Kier molecular flexibility index (Phi) is 4.70. The van der Waals surface area contributed by atoms with Gasteiger partial charge in [-0.2, -0.15) is 0 Å². The van der Waals surface area contributed by atoms with E-state index in [-0.39, 0.29) is 17.9 Å². The topological polar surface area (TPSA) is 82.5 Å². The smallest absolute Gasteiger partial charge is 0.276 e. The molecule has 1 aliphatic heterocycles. The van der Waals surface area contributed by atoms with Crippen molar-refractivity contribution in [1.82, 2.24) is 24.8 Å². The first-order valence-corrected chi connectivity index (χ1v) is 9.58. The van der Waals surface area contributed by atoms with Gasteiger partial charge in [-0.25, -0.2) is 9.50 Å². The first-order valence-electron chi connectivity index (χ1n) is 9.58. The highest BCUT2D eigenvalue weighted by molar-refractivity contribution is 5.92. The lowest BCUT2D eigenvalue weighted by Gasteiger charge is -2.22. The standard InChI is InChI=1S/C20H25N5O2/c1-3-24-10-6-7-14(24)12-21-18(26)11-16-13(2)22-19-15-8-4-5-9-17(15)23-25(19)20(16)27/h4-5,8-9,14,23H,3,6-7,10-12H2,1-2H3,(H,21,26)/t14-/m0/s1. The van der Waals surface area contributed by atoms with Crippen LogP contribution in [0, 0.1) is 6.92 Å². The molecule has 1 saturated heterocycles. The minimum atomic E-state index is -0.208. The summed E-state index contributed by atoms with van der Waals surface area (Å²) in [5, 5.41) is 6.98. The zero-order chi connectivity index (χ0) is 19.0. The molecule has 0 radical (unpaired) electrons. The lowest BCUT2D eigenvalue weighted by atomic mass is 10.1. The number of carbonyl (C=O) groups excluding carboxylic acids is 1. The second kappa shape index (κ2) is 7.15. The van der Waals surface area contributed by atoms with Crippen LogP contribution in [0.2, 0.25) is 0 Å². The summed E-state index contributed by atoms with van der Waals surface area (Å²) in [5.41, 5.74) is 2.29. The van der Waals surface area contributed by atoms with Gasteiger partial charge in [0.05, 0.1) is 11.9 Å². The Bertz CT molecular complexity index is 1050. The van der Waals surface area contributed by atoms with E-state index in [1.165, 1.54) is 10.9 Å². The molecule has 0 spiro atoms. The number of hydrogen-bond donors (Lipinski definition) is 2. The summed E-state index contributed by atoms with van der Waals surface area (Å²) in [5.74, 6) is -0.129. The highest BCUT2D eigenvalue weighted by Gasteiger charge is 2.23. The van der Waals surface area contributed by atoms with Crippen LogP contribution in [-0.4, -0.2) is 51.1 Å². The SMILES string of the molecule is CCN1CCC[C@H]1CNC(=O)Cc1c(C)nc2c3ccccc3[nH]n2c1=O. The fourth-order valence-corrected chi connectivity index (χ4v) is 4.04. The largest absolute Gasteiger partial charge is 0.354 e. The maximum atomic E-state index is 12.9. The predicted octanol–water partition coefficient (Wildman–Crippen LogP) is 1.63. The quantitative estimate of drug-likeness (QED) is 0.718. The molecule has 1 amide bonds. The second-order valence-electron chi connectivity index (χ2n) is 7.20. The van der Waals surface area contributed by atoms with E-state index in [1.807, 2.05) is 24.3 Å². The van der Waals surface area contributed by atoms with Gasteiger partial charge < -0.3 is 5.32 Å². The molecule has 142 valence electrons. The van der Waals surface area contributed by atoms with Gasteiger partial charge in [0.1, 0.15) is 0 Å². The molecule has 27 heavy (non-hydrogen) atoms. The van der Waals surface area contributed by atoms with Crippen molar-refractivity contribution >= 4 is 22.5 Å². The molecule has 0 aliphatic carbocycles. The zero-order valence-electron chi connectivity index (χ0n) is 15.8. The average molecular weight is 367 g/mol. The van der Waals surface area contributed by atoms with E-state index in [0.717, 1.165) is 30.4 Å². The fourth-order valence-electron chi connectivity index (χ4n) is 4.04. The summed E-state index contributed by atoms with van der Waals surface area (Å²) in [6, 6.07) is 8.07. The third-order valence-electron chi connectivity index (χ3n) is 5.56. The highest BCUT2D eigenvalue weighted by atomic mass is 16.2. The predicted molar refractivity (Wildman–Crippen MR) is 105 cm³/mol. The Morgan fingerprint density at radius 2 is 2.19 bits per heavy atom. The van der Waals surface area contributed by atoms with Crippen LogP contribution >= 0.6 is 0 Å². The van der Waals surface area contributed by atoms with Crippen molar-refractivity contribution in [2.75, 3.05) is 19.6 Å². The van der Waals surface area contributed by atoms with Crippen LogP contribution in [0.5, 0.6) is 0 Å². The number of H-pyrrole nitrogens is 1. The number of aryl methyl sites for hydroxylation is 1. The lowest BCUT2D eigenvalue weighted by Crippen LogP contribution is -2.41. The molecule has 2 N–H and O–H groups in total. The lowest BCUT2D eigenvalue weighted by molar-refractivity contribution is -0.120. The maximum Gasteiger partial charge on any atom is 0.276 e. The molecule has 3 heterocycles. The number of likely N-dealkylation sites (tertiary alicyclic amines) is 1. The Morgan fingerprint density at radius 1 is 1.37 bits per heavy atom. The number of nitrogens with one attached hydrogen (secondary N) is 2. The van der Waals surface area contributed by atoms with Crippen LogP contribution in [0.4, 0.5) is 0 Å². The summed E-state index contributed by atoms with van der Waals surface area (Å²) < 4.78 is 1.44. The first-order chi connectivity index (χ1) is 13.1. The van der Waals surface area contributed by atoms with Crippen LogP contribution in [-0.2, 0) is 11.2 Å². The molecular weight excluding hydrogens is 342 g/mol. The molecule has 7 heteroatoms. The van der Waals surface area contributed by atoms with E-state index in [0.29, 0.717) is 29.5 Å². The van der Waals surface area contributed by atoms with E-state index in [4.69, 9.17) is 0 Å². The molecule has 1 atom stereocenters. The van der Waals surface area contributed by atoms with E-state index in [1.54, 1.807) is 6.92 Å². The number of fused-ring (bicyclic) bond motifs is 3. The van der Waals surface area contributed by atoms with Crippen molar-refractivity contribution in [2.45, 2.75) is 39.2 Å². The number of nitrogens with zero attached hydrogens (tertiary/aromatic N) is 3. The van der Waals surface area contributed by atoms with Crippen molar-refractivity contribution in [3.8, 4) is 0 Å². The molecule has 1 fully saturated rings. The number of carbonyl (C=O) groups is 1. The van der Waals surface area contributed by atoms with Crippen molar-refractivity contribution in [3.63, 3.8) is 0 Å². The van der Waals surface area contributed by atoms with Crippen LogP contribution in [0.3, 0.4) is 0 Å². The summed E-state index contributed by atoms with van der Waals surface area (Å²) in [6.45, 7) is 6.67. The third-order valence-corrected chi connectivity index (χ3v) is 5.56. The normalized spacial score (nSPS) is 17.8. The van der Waals surface area contributed by atoms with Gasteiger partial charge in [0, 0.05) is 29.2 Å². The molecular formula is C20H25N5O2. The van der Waals surface area contributed by atoms with E-state index >= 15 is 0 Å². The number of likely N-dealkylation sites (N-methyl/N-ethyl adjacent to an activating group) is 1. The zero-order valence-corrected chi connectivity index (χ0v) is 15.8. The number of hydrogen-bond acceptors (Lipinski definition) is 4. The fraction of sp³-hybridized carbons (Fsp3) is 0.450. The van der Waals surface area contributed by atoms with Crippen molar-refractivity contribution in [3.05, 3.63) is 45.9 Å². The first kappa shape index (κ1) is 17.7. The Hall–Kier alpha value is -2.67. The van der Waals surface area contributed by atoms with Gasteiger partial charge in [-0.1, -0.05) is 19.1 Å². The van der Waals surface area contributed by atoms with Gasteiger partial charge in [0.2, 0.25) is 5.91 Å². The number of rotatable bonds is 5. The van der Waals surface area contributed by atoms with Gasteiger partial charge in [-0.15, -0.1) is 0 Å². The van der Waals surface area contributed by atoms with Crippen molar-refractivity contribution < 1.29 is 4.79 Å². The van der Waals surface area contributed by atoms with E-state index < -0.39 is 0 Å². The summed E-state index contributed by atoms with van der Waals surface area (Å²) in [7, 11) is 0. The summed E-state index contributed by atoms with van der Waals surface area (Å²) in [4.78, 5) is 32.3. The van der Waals surface area contributed by atoms with E-state index in [9.17, 15) is 9.59 Å². The van der Waals surface area contributed by atoms with Gasteiger partial charge in [0.25, 0.3) is 5.56 Å². The summed E-state index contributed by atoms with van der Waals surface area (Å²) in [6.07, 6.45) is 2.34. The minimum Gasteiger partial charge on any atom is -0.354 e. The van der Waals surface area contributed by atoms with Crippen LogP contribution in [0.1, 0.15) is 31.0 Å². The van der Waals surface area contributed by atoms with Crippen LogP contribution < -0.4 is 10.9 Å². The van der Waals surface area contributed by atoms with Gasteiger partial charge >= 0.3 is 0 Å². The summed E-state index contributed by atoms with van der Waals surface area (Å²) >= 11 is 0. The molecule has 7 nitrogen and oxygen atoms in total. The van der Waals surface area contributed by atoms with Crippen molar-refractivity contribution in [2.24, 2.45) is 0 Å². The maximum absolute atomic E-state index is 12.9.